The van der Waals surface area contributed by atoms with Crippen LogP contribution < -0.4 is 10.0 Å². The van der Waals surface area contributed by atoms with E-state index in [1.165, 1.54) is 6.20 Å². The molecule has 1 aliphatic heterocycles. The van der Waals surface area contributed by atoms with Gasteiger partial charge in [-0.25, -0.2) is 13.4 Å². The fourth-order valence-electron chi connectivity index (χ4n) is 2.85. The lowest BCUT2D eigenvalue weighted by Gasteiger charge is -2.26. The Balaban J connectivity index is 1.43. The first-order valence-corrected chi connectivity index (χ1v) is 10.8. The van der Waals surface area contributed by atoms with Crippen LogP contribution in [0.3, 0.4) is 0 Å². The van der Waals surface area contributed by atoms with E-state index >= 15 is 0 Å². The molecule has 2 heterocycles. The predicted octanol–water partition coefficient (Wildman–Crippen LogP) is 1.81. The quantitative estimate of drug-likeness (QED) is 0.679. The minimum Gasteiger partial charge on any atom is -0.379 e. The van der Waals surface area contributed by atoms with E-state index in [9.17, 15) is 8.42 Å². The molecule has 0 unspecified atom stereocenters. The Labute approximate surface area is 160 Å². The van der Waals surface area contributed by atoms with E-state index in [0.717, 1.165) is 50.8 Å². The molecular weight excluding hydrogens is 364 g/mol. The molecule has 0 spiro atoms. The van der Waals surface area contributed by atoms with Gasteiger partial charge in [0, 0.05) is 26.2 Å². The van der Waals surface area contributed by atoms with Crippen LogP contribution in [0.5, 0.6) is 0 Å². The lowest BCUT2D eigenvalue weighted by molar-refractivity contribution is 0.0398. The molecule has 0 bridgehead atoms. The van der Waals surface area contributed by atoms with E-state index in [1.54, 1.807) is 12.1 Å². The second-order valence-electron chi connectivity index (χ2n) is 6.47. The van der Waals surface area contributed by atoms with Crippen LogP contribution >= 0.6 is 0 Å². The number of benzene rings is 1. The van der Waals surface area contributed by atoms with Gasteiger partial charge in [-0.2, -0.15) is 0 Å². The van der Waals surface area contributed by atoms with Gasteiger partial charge in [0.25, 0.3) is 0 Å². The maximum absolute atomic E-state index is 12.2. The minimum absolute atomic E-state index is 0.0383. The monoisotopic (exact) mass is 390 g/mol. The maximum atomic E-state index is 12.2. The number of hydrogen-bond donors (Lipinski definition) is 2. The second kappa shape index (κ2) is 9.68. The molecule has 7 nitrogen and oxygen atoms in total. The van der Waals surface area contributed by atoms with Gasteiger partial charge in [0.15, 0.2) is 0 Å². The first-order chi connectivity index (χ1) is 13.1. The van der Waals surface area contributed by atoms with Crippen molar-refractivity contribution in [2.75, 3.05) is 55.2 Å². The van der Waals surface area contributed by atoms with Crippen molar-refractivity contribution >= 4 is 21.5 Å². The Morgan fingerprint density at radius 2 is 1.85 bits per heavy atom. The van der Waals surface area contributed by atoms with Crippen molar-refractivity contribution in [3.05, 3.63) is 54.2 Å². The molecule has 1 saturated heterocycles. The highest BCUT2D eigenvalue weighted by Gasteiger charge is 2.12. The van der Waals surface area contributed by atoms with E-state index in [1.807, 2.05) is 30.3 Å². The van der Waals surface area contributed by atoms with Gasteiger partial charge in [-0.05, 0) is 24.1 Å². The molecule has 0 amide bonds. The Kier molecular flexibility index (Phi) is 7.03. The summed E-state index contributed by atoms with van der Waals surface area (Å²) < 4.78 is 32.4. The normalized spacial score (nSPS) is 15.4. The number of anilines is 2. The van der Waals surface area contributed by atoms with Crippen molar-refractivity contribution in [3.8, 4) is 0 Å². The van der Waals surface area contributed by atoms with E-state index in [0.29, 0.717) is 12.1 Å². The zero-order chi connectivity index (χ0) is 19.0. The Bertz CT molecular complexity index is 791. The molecule has 3 rings (SSSR count). The van der Waals surface area contributed by atoms with Gasteiger partial charge in [0.2, 0.25) is 10.0 Å². The fraction of sp³-hybridized carbons (Fsp3) is 0.421. The molecule has 0 aliphatic carbocycles. The van der Waals surface area contributed by atoms with Gasteiger partial charge in [-0.1, -0.05) is 30.3 Å². The van der Waals surface area contributed by atoms with Crippen LogP contribution in [0.2, 0.25) is 0 Å². The molecule has 1 aliphatic rings. The van der Waals surface area contributed by atoms with Crippen molar-refractivity contribution in [1.82, 2.24) is 9.88 Å². The van der Waals surface area contributed by atoms with Crippen LogP contribution in [0.4, 0.5) is 11.5 Å². The number of nitrogens with one attached hydrogen (secondary N) is 2. The van der Waals surface area contributed by atoms with Crippen molar-refractivity contribution in [1.29, 1.82) is 0 Å². The molecular formula is C19H26N4O3S. The lowest BCUT2D eigenvalue weighted by Crippen LogP contribution is -2.39. The average molecular weight is 391 g/mol. The summed E-state index contributed by atoms with van der Waals surface area (Å²) in [6.45, 7) is 5.21. The van der Waals surface area contributed by atoms with E-state index in [4.69, 9.17) is 4.74 Å². The molecule has 1 fully saturated rings. The fourth-order valence-corrected chi connectivity index (χ4v) is 3.94. The van der Waals surface area contributed by atoms with Crippen molar-refractivity contribution in [2.24, 2.45) is 0 Å². The third-order valence-corrected chi connectivity index (χ3v) is 5.67. The number of ether oxygens (including phenoxy) is 1. The molecule has 0 radical (unpaired) electrons. The average Bonchev–Trinajstić information content (AvgIpc) is 2.69. The molecule has 0 atom stereocenters. The summed E-state index contributed by atoms with van der Waals surface area (Å²) in [7, 11) is -3.41. The van der Waals surface area contributed by atoms with Crippen LogP contribution in [0.15, 0.2) is 48.7 Å². The number of sulfonamides is 1. The van der Waals surface area contributed by atoms with Gasteiger partial charge < -0.3 is 10.1 Å². The van der Waals surface area contributed by atoms with E-state index in [-0.39, 0.29) is 5.75 Å². The zero-order valence-electron chi connectivity index (χ0n) is 15.3. The topological polar surface area (TPSA) is 83.6 Å². The number of rotatable bonds is 9. The summed E-state index contributed by atoms with van der Waals surface area (Å²) in [6.07, 6.45) is 2.02. The highest BCUT2D eigenvalue weighted by atomic mass is 32.2. The second-order valence-corrected chi connectivity index (χ2v) is 8.31. The van der Waals surface area contributed by atoms with Gasteiger partial charge >= 0.3 is 0 Å². The molecule has 27 heavy (non-hydrogen) atoms. The van der Waals surface area contributed by atoms with Crippen LogP contribution in [0.1, 0.15) is 5.56 Å². The maximum Gasteiger partial charge on any atom is 0.233 e. The van der Waals surface area contributed by atoms with E-state index in [2.05, 4.69) is 19.9 Å². The lowest BCUT2D eigenvalue weighted by atomic mass is 10.2. The first kappa shape index (κ1) is 19.6. The third-order valence-electron chi connectivity index (χ3n) is 4.38. The summed E-state index contributed by atoms with van der Waals surface area (Å²) in [5.74, 6) is 0.770. The Morgan fingerprint density at radius 1 is 1.07 bits per heavy atom. The van der Waals surface area contributed by atoms with Crippen LogP contribution in [0, 0.1) is 0 Å². The van der Waals surface area contributed by atoms with Crippen LogP contribution in [-0.4, -0.2) is 63.4 Å². The molecule has 2 N–H and O–H groups in total. The molecule has 1 aromatic heterocycles. The minimum atomic E-state index is -3.41. The summed E-state index contributed by atoms with van der Waals surface area (Å²) in [5, 5.41) is 3.26. The Hall–Kier alpha value is -2.16. The number of aromatic nitrogens is 1. The van der Waals surface area contributed by atoms with Gasteiger partial charge in [0.1, 0.15) is 5.82 Å². The number of hydrogen-bond acceptors (Lipinski definition) is 6. The summed E-state index contributed by atoms with van der Waals surface area (Å²) in [6, 6.07) is 13.1. The number of nitrogens with zero attached hydrogens (tertiary/aromatic N) is 2. The molecule has 2 aromatic rings. The largest absolute Gasteiger partial charge is 0.379 e. The van der Waals surface area contributed by atoms with E-state index < -0.39 is 10.0 Å². The molecule has 0 saturated carbocycles. The molecule has 1 aromatic carbocycles. The highest BCUT2D eigenvalue weighted by molar-refractivity contribution is 7.92. The van der Waals surface area contributed by atoms with Gasteiger partial charge in [0.05, 0.1) is 30.9 Å². The standard InChI is InChI=1S/C19H26N4O3S/c24-27(25,15-8-17-4-2-1-3-5-17)22-18-6-7-19(21-16-18)20-9-10-23-11-13-26-14-12-23/h1-7,16,22H,8-15H2,(H,20,21). The SMILES string of the molecule is O=S(=O)(CCc1ccccc1)Nc1ccc(NCCN2CCOCC2)nc1. The van der Waals surface area contributed by atoms with Crippen molar-refractivity contribution < 1.29 is 13.2 Å². The number of morpholine rings is 1. The van der Waals surface area contributed by atoms with Gasteiger partial charge in [-0.3, -0.25) is 9.62 Å². The summed E-state index contributed by atoms with van der Waals surface area (Å²) in [5.41, 5.74) is 1.47. The third kappa shape index (κ3) is 6.82. The summed E-state index contributed by atoms with van der Waals surface area (Å²) in [4.78, 5) is 6.62. The van der Waals surface area contributed by atoms with Crippen LogP contribution in [-0.2, 0) is 21.2 Å². The molecule has 8 heteroatoms. The number of aryl methyl sites for hydroxylation is 1. The zero-order valence-corrected chi connectivity index (χ0v) is 16.1. The van der Waals surface area contributed by atoms with Gasteiger partial charge in [-0.15, -0.1) is 0 Å². The van der Waals surface area contributed by atoms with Crippen molar-refractivity contribution in [3.63, 3.8) is 0 Å². The number of pyridine rings is 1. The smallest absolute Gasteiger partial charge is 0.233 e. The molecule has 146 valence electrons. The summed E-state index contributed by atoms with van der Waals surface area (Å²) >= 11 is 0. The highest BCUT2D eigenvalue weighted by Crippen LogP contribution is 2.12. The Morgan fingerprint density at radius 3 is 2.56 bits per heavy atom. The van der Waals surface area contributed by atoms with Crippen molar-refractivity contribution in [2.45, 2.75) is 6.42 Å². The predicted molar refractivity (Wildman–Crippen MR) is 108 cm³/mol. The van der Waals surface area contributed by atoms with Crippen LogP contribution in [0.25, 0.3) is 0 Å². The first-order valence-electron chi connectivity index (χ1n) is 9.15.